The summed E-state index contributed by atoms with van der Waals surface area (Å²) >= 11 is 15.5. The van der Waals surface area contributed by atoms with Crippen LogP contribution in [-0.2, 0) is 0 Å². The average molecular weight is 321 g/mol. The Hall–Kier alpha value is -0.710. The predicted octanol–water partition coefficient (Wildman–Crippen LogP) is 3.93. The maximum Gasteiger partial charge on any atom is 0.0926 e. The van der Waals surface area contributed by atoms with Crippen LogP contribution in [-0.4, -0.2) is 12.0 Å². The summed E-state index contributed by atoms with van der Waals surface area (Å²) < 4.78 is 0.718. The minimum Gasteiger partial charge on any atom is -0.396 e. The number of hydrogen-bond acceptors (Lipinski definition) is 3. The third-order valence-electron chi connectivity index (χ3n) is 2.28. The van der Waals surface area contributed by atoms with Crippen LogP contribution < -0.4 is 11.1 Å². The Morgan fingerprint density at radius 1 is 1.38 bits per heavy atom. The van der Waals surface area contributed by atoms with Crippen LogP contribution in [0.25, 0.3) is 10.9 Å². The van der Waals surface area contributed by atoms with Gasteiger partial charge in [-0.1, -0.05) is 23.2 Å². The van der Waals surface area contributed by atoms with Crippen molar-refractivity contribution in [2.75, 3.05) is 18.1 Å². The van der Waals surface area contributed by atoms with Gasteiger partial charge in [0, 0.05) is 16.9 Å². The molecule has 3 N–H and O–H groups in total. The van der Waals surface area contributed by atoms with Gasteiger partial charge in [-0.05, 0) is 22.0 Å². The Morgan fingerprint density at radius 2 is 2.06 bits per heavy atom. The van der Waals surface area contributed by atoms with Gasteiger partial charge in [-0.2, -0.15) is 0 Å². The Balaban J connectivity index is 2.95. The standard InChI is InChI=1S/C10H8BrCl2N3/c1-15-9-4-2-5(11)7(12)8(13)10(4)16-3-6(9)14/h2-3H,14H2,1H3,(H,15,16). The minimum atomic E-state index is 0.419. The zero-order valence-electron chi connectivity index (χ0n) is 8.31. The number of hydrogen-bond donors (Lipinski definition) is 2. The van der Waals surface area contributed by atoms with Crippen LogP contribution in [0.1, 0.15) is 0 Å². The first kappa shape index (κ1) is 11.8. The highest BCUT2D eigenvalue weighted by molar-refractivity contribution is 9.10. The molecular weight excluding hydrogens is 313 g/mol. The maximum absolute atomic E-state index is 6.12. The molecule has 0 saturated heterocycles. The molecule has 84 valence electrons. The molecule has 16 heavy (non-hydrogen) atoms. The molecule has 1 heterocycles. The molecule has 6 heteroatoms. The molecule has 0 unspecified atom stereocenters. The van der Waals surface area contributed by atoms with Crippen LogP contribution in [0.3, 0.4) is 0 Å². The molecule has 3 nitrogen and oxygen atoms in total. The molecule has 0 spiro atoms. The van der Waals surface area contributed by atoms with Crippen molar-refractivity contribution in [2.45, 2.75) is 0 Å². The highest BCUT2D eigenvalue weighted by atomic mass is 79.9. The molecule has 1 aromatic carbocycles. The summed E-state index contributed by atoms with van der Waals surface area (Å²) in [5.41, 5.74) is 7.82. The largest absolute Gasteiger partial charge is 0.396 e. The molecule has 0 atom stereocenters. The Labute approximate surface area is 111 Å². The predicted molar refractivity (Wildman–Crippen MR) is 73.4 cm³/mol. The second kappa shape index (κ2) is 4.28. The summed E-state index contributed by atoms with van der Waals surface area (Å²) in [6.07, 6.45) is 1.56. The number of nitrogens with two attached hydrogens (primary N) is 1. The van der Waals surface area contributed by atoms with E-state index in [0.717, 1.165) is 15.5 Å². The molecule has 0 bridgehead atoms. The van der Waals surface area contributed by atoms with Crippen LogP contribution >= 0.6 is 39.1 Å². The number of pyridine rings is 1. The Bertz CT molecular complexity index is 572. The number of nitrogens with one attached hydrogen (secondary N) is 1. The van der Waals surface area contributed by atoms with Gasteiger partial charge in [0.1, 0.15) is 0 Å². The van der Waals surface area contributed by atoms with Crippen LogP contribution in [0, 0.1) is 0 Å². The Morgan fingerprint density at radius 3 is 2.69 bits per heavy atom. The lowest BCUT2D eigenvalue weighted by Gasteiger charge is -2.11. The van der Waals surface area contributed by atoms with E-state index < -0.39 is 0 Å². The molecule has 0 amide bonds. The van der Waals surface area contributed by atoms with E-state index in [1.54, 1.807) is 13.2 Å². The van der Waals surface area contributed by atoms with E-state index in [0.29, 0.717) is 21.2 Å². The fourth-order valence-corrected chi connectivity index (χ4v) is 2.47. The van der Waals surface area contributed by atoms with Gasteiger partial charge in [0.15, 0.2) is 0 Å². The van der Waals surface area contributed by atoms with Crippen molar-refractivity contribution >= 4 is 61.4 Å². The molecule has 0 saturated carbocycles. The van der Waals surface area contributed by atoms with E-state index in [9.17, 15) is 0 Å². The van der Waals surface area contributed by atoms with E-state index in [1.165, 1.54) is 0 Å². The zero-order valence-corrected chi connectivity index (χ0v) is 11.4. The summed E-state index contributed by atoms with van der Waals surface area (Å²) in [6, 6.07) is 1.85. The van der Waals surface area contributed by atoms with E-state index >= 15 is 0 Å². The van der Waals surface area contributed by atoms with Crippen LogP contribution in [0.5, 0.6) is 0 Å². The van der Waals surface area contributed by atoms with Crippen LogP contribution in [0.2, 0.25) is 10.0 Å². The van der Waals surface area contributed by atoms with Gasteiger partial charge in [-0.25, -0.2) is 0 Å². The van der Waals surface area contributed by atoms with Gasteiger partial charge >= 0.3 is 0 Å². The summed E-state index contributed by atoms with van der Waals surface area (Å²) in [4.78, 5) is 4.19. The first-order valence-electron chi connectivity index (χ1n) is 4.45. The number of benzene rings is 1. The maximum atomic E-state index is 6.12. The molecule has 1 aromatic heterocycles. The van der Waals surface area contributed by atoms with E-state index in [1.807, 2.05) is 6.07 Å². The molecule has 0 aliphatic heterocycles. The molecule has 2 aromatic rings. The SMILES string of the molecule is CNc1c(N)cnc2c(Cl)c(Cl)c(Br)cc12. The highest BCUT2D eigenvalue weighted by Crippen LogP contribution is 2.39. The van der Waals surface area contributed by atoms with Crippen molar-refractivity contribution in [2.24, 2.45) is 0 Å². The first-order chi connectivity index (χ1) is 7.56. The van der Waals surface area contributed by atoms with Crippen molar-refractivity contribution in [3.63, 3.8) is 0 Å². The van der Waals surface area contributed by atoms with Crippen molar-refractivity contribution in [1.29, 1.82) is 0 Å². The summed E-state index contributed by atoms with van der Waals surface area (Å²) in [7, 11) is 1.79. The van der Waals surface area contributed by atoms with Crippen LogP contribution in [0.4, 0.5) is 11.4 Å². The average Bonchev–Trinajstić information content (AvgIpc) is 2.26. The Kier molecular flexibility index (Phi) is 3.15. The number of nitrogen functional groups attached to an aromatic ring is 1. The molecule has 0 fully saturated rings. The fourth-order valence-electron chi connectivity index (χ4n) is 1.54. The lowest BCUT2D eigenvalue weighted by molar-refractivity contribution is 1.39. The number of halogens is 3. The number of fused-ring (bicyclic) bond motifs is 1. The second-order valence-electron chi connectivity index (χ2n) is 3.22. The van der Waals surface area contributed by atoms with Gasteiger partial charge in [-0.3, -0.25) is 4.98 Å². The zero-order chi connectivity index (χ0) is 11.9. The number of aromatic nitrogens is 1. The lowest BCUT2D eigenvalue weighted by atomic mass is 10.1. The third kappa shape index (κ3) is 1.71. The van der Waals surface area contributed by atoms with Gasteiger partial charge in [0.25, 0.3) is 0 Å². The topological polar surface area (TPSA) is 50.9 Å². The highest BCUT2D eigenvalue weighted by Gasteiger charge is 2.13. The summed E-state index contributed by atoms with van der Waals surface area (Å²) in [6.45, 7) is 0. The van der Waals surface area contributed by atoms with Crippen molar-refractivity contribution in [1.82, 2.24) is 4.98 Å². The van der Waals surface area contributed by atoms with E-state index in [4.69, 9.17) is 28.9 Å². The minimum absolute atomic E-state index is 0.419. The van der Waals surface area contributed by atoms with Crippen LogP contribution in [0.15, 0.2) is 16.7 Å². The van der Waals surface area contributed by atoms with Gasteiger partial charge < -0.3 is 11.1 Å². The van der Waals surface area contributed by atoms with E-state index in [-0.39, 0.29) is 0 Å². The number of rotatable bonds is 1. The van der Waals surface area contributed by atoms with Gasteiger partial charge in [0.2, 0.25) is 0 Å². The van der Waals surface area contributed by atoms with E-state index in [2.05, 4.69) is 26.2 Å². The van der Waals surface area contributed by atoms with Crippen molar-refractivity contribution < 1.29 is 0 Å². The molecule has 2 rings (SSSR count). The fraction of sp³-hybridized carbons (Fsp3) is 0.100. The van der Waals surface area contributed by atoms with Gasteiger partial charge in [0.05, 0.1) is 33.1 Å². The third-order valence-corrected chi connectivity index (χ3v) is 3.99. The molecule has 0 radical (unpaired) electrons. The second-order valence-corrected chi connectivity index (χ2v) is 4.83. The normalized spacial score (nSPS) is 10.8. The summed E-state index contributed by atoms with van der Waals surface area (Å²) in [5, 5.41) is 4.73. The molecule has 0 aliphatic rings. The monoisotopic (exact) mass is 319 g/mol. The quantitative estimate of drug-likeness (QED) is 0.783. The molecular formula is C10H8BrCl2N3. The van der Waals surface area contributed by atoms with Crippen molar-refractivity contribution in [3.8, 4) is 0 Å². The molecule has 0 aliphatic carbocycles. The smallest absolute Gasteiger partial charge is 0.0926 e. The van der Waals surface area contributed by atoms with Crippen molar-refractivity contribution in [3.05, 3.63) is 26.8 Å². The first-order valence-corrected chi connectivity index (χ1v) is 6.00. The number of nitrogens with zero attached hydrogens (tertiary/aromatic N) is 1. The number of anilines is 2. The van der Waals surface area contributed by atoms with Gasteiger partial charge in [-0.15, -0.1) is 0 Å². The lowest BCUT2D eigenvalue weighted by Crippen LogP contribution is -1.98. The summed E-state index contributed by atoms with van der Waals surface area (Å²) in [5.74, 6) is 0.